The van der Waals surface area contributed by atoms with E-state index in [4.69, 9.17) is 5.11 Å². The number of rotatable bonds is 2. The van der Waals surface area contributed by atoms with E-state index in [1.54, 1.807) is 38.5 Å². The average Bonchev–Trinajstić information content (AvgIpc) is 2.44. The summed E-state index contributed by atoms with van der Waals surface area (Å²) in [7, 11) is 0. The Morgan fingerprint density at radius 1 is 0.800 bits per heavy atom. The zero-order valence-electron chi connectivity index (χ0n) is 12.6. The van der Waals surface area contributed by atoms with E-state index in [0.29, 0.717) is 6.42 Å². The molecule has 7 aliphatic carbocycles. The van der Waals surface area contributed by atoms with Gasteiger partial charge in [0.1, 0.15) is 0 Å². The minimum absolute atomic E-state index is 0.292. The molecule has 0 saturated heterocycles. The smallest absolute Gasteiger partial charge is 0.303 e. The maximum absolute atomic E-state index is 9.60. The molecule has 112 valence electrons. The number of carboxylic acid groups (broad SMARTS) is 1. The lowest BCUT2D eigenvalue weighted by Crippen LogP contribution is -2.62. The van der Waals surface area contributed by atoms with E-state index in [1.165, 1.54) is 47.3 Å². The molecule has 0 aromatic carbocycles. The summed E-state index contributed by atoms with van der Waals surface area (Å²) < 4.78 is 0. The van der Waals surface area contributed by atoms with E-state index in [2.05, 4.69) is 0 Å². The Balaban J connectivity index is 0.000000154. The summed E-state index contributed by atoms with van der Waals surface area (Å²) in [5, 5.41) is 7.91. The van der Waals surface area contributed by atoms with Gasteiger partial charge in [-0.2, -0.15) is 0 Å². The van der Waals surface area contributed by atoms with Gasteiger partial charge in [-0.05, 0) is 92.3 Å². The van der Waals surface area contributed by atoms with E-state index in [9.17, 15) is 4.79 Å². The summed E-state index contributed by atoms with van der Waals surface area (Å²) in [6.07, 6.45) is 11.0. The summed E-state index contributed by atoms with van der Waals surface area (Å²) in [6, 6.07) is 0. The monoisotopic (exact) mass is 276 g/mol. The maximum Gasteiger partial charge on any atom is 0.303 e. The van der Waals surface area contributed by atoms with Gasteiger partial charge in [0.2, 0.25) is 0 Å². The largest absolute Gasteiger partial charge is 0.481 e. The van der Waals surface area contributed by atoms with Gasteiger partial charge < -0.3 is 5.11 Å². The molecular weight excluding hydrogens is 248 g/mol. The molecule has 0 aromatic heterocycles. The van der Waals surface area contributed by atoms with E-state index >= 15 is 0 Å². The first kappa shape index (κ1) is 13.2. The van der Waals surface area contributed by atoms with Crippen molar-refractivity contribution in [3.05, 3.63) is 0 Å². The SMILES string of the molecule is C1C2CC3C4CC5CC(C14)C(C2)C3C5.CCCC(=O)O. The first-order chi connectivity index (χ1) is 9.67. The number of aliphatic carboxylic acids is 1. The topological polar surface area (TPSA) is 37.3 Å². The van der Waals surface area contributed by atoms with Gasteiger partial charge in [0.15, 0.2) is 0 Å². The van der Waals surface area contributed by atoms with Gasteiger partial charge in [0, 0.05) is 6.42 Å². The molecule has 0 unspecified atom stereocenters. The van der Waals surface area contributed by atoms with Crippen LogP contribution in [-0.4, -0.2) is 11.1 Å². The zero-order valence-corrected chi connectivity index (χ0v) is 12.6. The van der Waals surface area contributed by atoms with Gasteiger partial charge in [-0.15, -0.1) is 0 Å². The highest BCUT2D eigenvalue weighted by molar-refractivity contribution is 5.66. The minimum atomic E-state index is -0.711. The highest BCUT2D eigenvalue weighted by atomic mass is 16.4. The normalized spacial score (nSPS) is 52.9. The molecule has 0 amide bonds. The molecule has 8 bridgehead atoms. The van der Waals surface area contributed by atoms with Crippen molar-refractivity contribution in [1.82, 2.24) is 0 Å². The fourth-order valence-corrected chi connectivity index (χ4v) is 7.10. The van der Waals surface area contributed by atoms with Crippen molar-refractivity contribution in [3.63, 3.8) is 0 Å². The van der Waals surface area contributed by atoms with Crippen LogP contribution in [0.2, 0.25) is 0 Å². The first-order valence-corrected chi connectivity index (χ1v) is 8.89. The predicted octanol–water partition coefficient (Wildman–Crippen LogP) is 4.20. The molecule has 2 heteroatoms. The number of hydrogen-bond acceptors (Lipinski definition) is 1. The lowest BCUT2D eigenvalue weighted by atomic mass is 9.36. The molecule has 0 aliphatic heterocycles. The quantitative estimate of drug-likeness (QED) is 0.821. The second kappa shape index (κ2) is 4.74. The highest BCUT2D eigenvalue weighted by Gasteiger charge is 2.63. The zero-order chi connectivity index (χ0) is 13.9. The Bertz CT molecular complexity index is 315. The Morgan fingerprint density at radius 3 is 1.25 bits per heavy atom. The van der Waals surface area contributed by atoms with Crippen LogP contribution < -0.4 is 0 Å². The van der Waals surface area contributed by atoms with Crippen LogP contribution in [0.25, 0.3) is 0 Å². The summed E-state index contributed by atoms with van der Waals surface area (Å²) in [4.78, 5) is 9.60. The van der Waals surface area contributed by atoms with Crippen LogP contribution in [-0.2, 0) is 4.79 Å². The number of hydrogen-bond donors (Lipinski definition) is 1. The average molecular weight is 276 g/mol. The predicted molar refractivity (Wildman–Crippen MR) is 78.2 cm³/mol. The second-order valence-corrected chi connectivity index (χ2v) is 8.27. The van der Waals surface area contributed by atoms with Gasteiger partial charge in [-0.3, -0.25) is 4.79 Å². The molecule has 2 nitrogen and oxygen atoms in total. The molecule has 7 aliphatic rings. The van der Waals surface area contributed by atoms with Gasteiger partial charge in [-0.25, -0.2) is 0 Å². The fraction of sp³-hybridized carbons (Fsp3) is 0.944. The molecule has 0 aromatic rings. The van der Waals surface area contributed by atoms with E-state index in [0.717, 1.165) is 6.42 Å². The second-order valence-electron chi connectivity index (χ2n) is 8.27. The lowest BCUT2D eigenvalue weighted by Gasteiger charge is -2.69. The molecule has 7 fully saturated rings. The third-order valence-corrected chi connectivity index (χ3v) is 7.40. The van der Waals surface area contributed by atoms with Crippen LogP contribution in [0, 0.1) is 47.3 Å². The fourth-order valence-electron chi connectivity index (χ4n) is 7.10. The summed E-state index contributed by atoms with van der Waals surface area (Å²) in [5.74, 6) is 9.03. The van der Waals surface area contributed by atoms with Gasteiger partial charge in [-0.1, -0.05) is 6.92 Å². The van der Waals surface area contributed by atoms with Gasteiger partial charge in [0.05, 0.1) is 0 Å². The summed E-state index contributed by atoms with van der Waals surface area (Å²) >= 11 is 0. The van der Waals surface area contributed by atoms with Crippen molar-refractivity contribution in [3.8, 4) is 0 Å². The molecule has 0 spiro atoms. The molecule has 0 atom stereocenters. The van der Waals surface area contributed by atoms with Crippen molar-refractivity contribution >= 4 is 5.97 Å². The molecule has 1 N–H and O–H groups in total. The van der Waals surface area contributed by atoms with Crippen LogP contribution >= 0.6 is 0 Å². The van der Waals surface area contributed by atoms with Crippen LogP contribution in [0.5, 0.6) is 0 Å². The van der Waals surface area contributed by atoms with Crippen molar-refractivity contribution in [1.29, 1.82) is 0 Å². The van der Waals surface area contributed by atoms with Crippen LogP contribution in [0.4, 0.5) is 0 Å². The van der Waals surface area contributed by atoms with Crippen LogP contribution in [0.3, 0.4) is 0 Å². The van der Waals surface area contributed by atoms with Crippen molar-refractivity contribution in [2.45, 2.75) is 58.3 Å². The molecular formula is C18H28O2. The van der Waals surface area contributed by atoms with E-state index in [1.807, 2.05) is 6.92 Å². The van der Waals surface area contributed by atoms with Crippen LogP contribution in [0.1, 0.15) is 58.3 Å². The van der Waals surface area contributed by atoms with E-state index < -0.39 is 5.97 Å². The van der Waals surface area contributed by atoms with Crippen molar-refractivity contribution in [2.24, 2.45) is 47.3 Å². The molecule has 0 heterocycles. The molecule has 7 saturated carbocycles. The van der Waals surface area contributed by atoms with E-state index in [-0.39, 0.29) is 0 Å². The molecule has 7 rings (SSSR count). The number of carboxylic acids is 1. The Hall–Kier alpha value is -0.530. The molecule has 20 heavy (non-hydrogen) atoms. The van der Waals surface area contributed by atoms with Crippen LogP contribution in [0.15, 0.2) is 0 Å². The highest BCUT2D eigenvalue weighted by Crippen LogP contribution is 2.71. The summed E-state index contributed by atoms with van der Waals surface area (Å²) in [6.45, 7) is 1.84. The Kier molecular flexibility index (Phi) is 3.12. The van der Waals surface area contributed by atoms with Crippen molar-refractivity contribution < 1.29 is 9.90 Å². The van der Waals surface area contributed by atoms with Crippen molar-refractivity contribution in [2.75, 3.05) is 0 Å². The third kappa shape index (κ3) is 1.86. The Labute approximate surface area is 122 Å². The lowest BCUT2D eigenvalue weighted by molar-refractivity contribution is -0.202. The maximum atomic E-state index is 9.60. The molecule has 0 radical (unpaired) electrons. The third-order valence-electron chi connectivity index (χ3n) is 7.40. The first-order valence-electron chi connectivity index (χ1n) is 8.89. The summed E-state index contributed by atoms with van der Waals surface area (Å²) in [5.41, 5.74) is 0. The standard InChI is InChI=1S/C14H20.C4H8O2/c1-7-2-12-10-4-8-5-11(9(1)10)13(3-7)14(12)6-8;1-2-3-4(5)6/h7-14H,1-6H2;2-3H2,1H3,(H,5,6). The number of carbonyl (C=O) groups is 1. The minimum Gasteiger partial charge on any atom is -0.481 e. The van der Waals surface area contributed by atoms with Gasteiger partial charge >= 0.3 is 5.97 Å². The Morgan fingerprint density at radius 2 is 1.10 bits per heavy atom. The van der Waals surface area contributed by atoms with Gasteiger partial charge in [0.25, 0.3) is 0 Å².